The number of carbonyl (C=O) groups is 1. The second-order valence-electron chi connectivity index (χ2n) is 4.69. The first-order valence-corrected chi connectivity index (χ1v) is 7.22. The SMILES string of the molecule is CC[C@@]1(C(=O)O)C[C@@H]1c1ccc(S(N)(=O)=O)cc1. The van der Waals surface area contributed by atoms with Crippen LogP contribution in [0.2, 0.25) is 0 Å². The van der Waals surface area contributed by atoms with Crippen molar-refractivity contribution >= 4 is 16.0 Å². The van der Waals surface area contributed by atoms with Gasteiger partial charge in [0.15, 0.2) is 0 Å². The largest absolute Gasteiger partial charge is 0.481 e. The third-order valence-electron chi connectivity index (χ3n) is 3.74. The molecule has 0 aliphatic heterocycles. The third-order valence-corrected chi connectivity index (χ3v) is 4.67. The molecular weight excluding hydrogens is 254 g/mol. The molecule has 3 N–H and O–H groups in total. The van der Waals surface area contributed by atoms with Gasteiger partial charge < -0.3 is 5.11 Å². The normalized spacial score (nSPS) is 26.9. The van der Waals surface area contributed by atoms with E-state index < -0.39 is 21.4 Å². The van der Waals surface area contributed by atoms with Crippen molar-refractivity contribution in [2.75, 3.05) is 0 Å². The summed E-state index contributed by atoms with van der Waals surface area (Å²) in [5.74, 6) is -0.819. The first kappa shape index (κ1) is 13.0. The highest BCUT2D eigenvalue weighted by Gasteiger charge is 2.59. The summed E-state index contributed by atoms with van der Waals surface area (Å²) in [5, 5.41) is 14.2. The summed E-state index contributed by atoms with van der Waals surface area (Å²) in [5.41, 5.74) is 0.176. The van der Waals surface area contributed by atoms with Gasteiger partial charge in [-0.1, -0.05) is 19.1 Å². The van der Waals surface area contributed by atoms with E-state index in [0.29, 0.717) is 12.8 Å². The van der Waals surface area contributed by atoms with Crippen molar-refractivity contribution in [3.05, 3.63) is 29.8 Å². The number of benzene rings is 1. The molecule has 0 spiro atoms. The van der Waals surface area contributed by atoms with Gasteiger partial charge in [-0.2, -0.15) is 0 Å². The fourth-order valence-corrected chi connectivity index (χ4v) is 2.93. The fourth-order valence-electron chi connectivity index (χ4n) is 2.41. The van der Waals surface area contributed by atoms with Crippen molar-refractivity contribution in [3.63, 3.8) is 0 Å². The molecule has 0 aromatic heterocycles. The molecule has 1 aliphatic rings. The van der Waals surface area contributed by atoms with Crippen LogP contribution < -0.4 is 5.14 Å². The Labute approximate surface area is 106 Å². The van der Waals surface area contributed by atoms with Crippen LogP contribution in [0.15, 0.2) is 29.2 Å². The Kier molecular flexibility index (Phi) is 2.95. The molecule has 1 fully saturated rings. The highest BCUT2D eigenvalue weighted by Crippen LogP contribution is 2.61. The van der Waals surface area contributed by atoms with Crippen molar-refractivity contribution < 1.29 is 18.3 Å². The Morgan fingerprint density at radius 1 is 1.44 bits per heavy atom. The molecule has 2 atom stereocenters. The van der Waals surface area contributed by atoms with Gasteiger partial charge in [0.1, 0.15) is 0 Å². The standard InChI is InChI=1S/C12H15NO4S/c1-2-12(11(14)15)7-10(12)8-3-5-9(6-4-8)18(13,16)17/h3-6,10H,2,7H2,1H3,(H,14,15)(H2,13,16,17)/t10-,12-/m1/s1. The minimum absolute atomic E-state index is 0.0328. The van der Waals surface area contributed by atoms with E-state index in [0.717, 1.165) is 5.56 Å². The van der Waals surface area contributed by atoms with Crippen LogP contribution in [0.4, 0.5) is 0 Å². The van der Waals surface area contributed by atoms with Crippen LogP contribution in [0.1, 0.15) is 31.2 Å². The van der Waals surface area contributed by atoms with Crippen molar-refractivity contribution in [2.45, 2.75) is 30.6 Å². The van der Waals surface area contributed by atoms with E-state index in [1.165, 1.54) is 12.1 Å². The molecule has 98 valence electrons. The number of hydrogen-bond acceptors (Lipinski definition) is 3. The first-order valence-electron chi connectivity index (χ1n) is 5.67. The fraction of sp³-hybridized carbons (Fsp3) is 0.417. The van der Waals surface area contributed by atoms with E-state index in [4.69, 9.17) is 5.14 Å². The van der Waals surface area contributed by atoms with Crippen molar-refractivity contribution in [1.82, 2.24) is 0 Å². The Hall–Kier alpha value is -1.40. The van der Waals surface area contributed by atoms with Gasteiger partial charge in [-0.3, -0.25) is 4.79 Å². The highest BCUT2D eigenvalue weighted by molar-refractivity contribution is 7.89. The van der Waals surface area contributed by atoms with Gasteiger partial charge >= 0.3 is 5.97 Å². The maximum atomic E-state index is 11.2. The van der Waals surface area contributed by atoms with Crippen LogP contribution in [-0.4, -0.2) is 19.5 Å². The Bertz CT molecular complexity index is 579. The minimum atomic E-state index is -3.69. The van der Waals surface area contributed by atoms with Gasteiger partial charge in [0.05, 0.1) is 10.3 Å². The smallest absolute Gasteiger partial charge is 0.310 e. The number of rotatable bonds is 4. The summed E-state index contributed by atoms with van der Waals surface area (Å²) in [7, 11) is -3.69. The van der Waals surface area contributed by atoms with E-state index in [2.05, 4.69) is 0 Å². The average molecular weight is 269 g/mol. The molecule has 1 aromatic carbocycles. The van der Waals surface area contributed by atoms with Crippen LogP contribution in [0, 0.1) is 5.41 Å². The number of carboxylic acid groups (broad SMARTS) is 1. The molecular formula is C12H15NO4S. The number of sulfonamides is 1. The van der Waals surface area contributed by atoms with Crippen molar-refractivity contribution in [1.29, 1.82) is 0 Å². The summed E-state index contributed by atoms with van der Waals surface area (Å²) in [4.78, 5) is 11.3. The quantitative estimate of drug-likeness (QED) is 0.860. The summed E-state index contributed by atoms with van der Waals surface area (Å²) in [6.45, 7) is 1.85. The average Bonchev–Trinajstić information content (AvgIpc) is 3.04. The monoisotopic (exact) mass is 269 g/mol. The summed E-state index contributed by atoms with van der Waals surface area (Å²) >= 11 is 0. The molecule has 0 heterocycles. The zero-order valence-corrected chi connectivity index (χ0v) is 10.8. The van der Waals surface area contributed by atoms with Crippen molar-refractivity contribution in [3.8, 4) is 0 Å². The van der Waals surface area contributed by atoms with Gasteiger partial charge in [-0.25, -0.2) is 13.6 Å². The van der Waals surface area contributed by atoms with Gasteiger partial charge in [0, 0.05) is 5.92 Å². The number of primary sulfonamides is 1. The zero-order chi connectivity index (χ0) is 13.6. The number of hydrogen-bond donors (Lipinski definition) is 2. The molecule has 18 heavy (non-hydrogen) atoms. The zero-order valence-electron chi connectivity index (χ0n) is 9.96. The van der Waals surface area contributed by atoms with E-state index in [-0.39, 0.29) is 10.8 Å². The maximum absolute atomic E-state index is 11.2. The summed E-state index contributed by atoms with van der Waals surface area (Å²) < 4.78 is 22.2. The van der Waals surface area contributed by atoms with Crippen LogP contribution in [-0.2, 0) is 14.8 Å². The molecule has 0 unspecified atom stereocenters. The van der Waals surface area contributed by atoms with E-state index in [9.17, 15) is 18.3 Å². The molecule has 1 saturated carbocycles. The minimum Gasteiger partial charge on any atom is -0.481 e. The maximum Gasteiger partial charge on any atom is 0.310 e. The molecule has 6 heteroatoms. The molecule has 0 saturated heterocycles. The molecule has 5 nitrogen and oxygen atoms in total. The lowest BCUT2D eigenvalue weighted by molar-refractivity contribution is -0.143. The second kappa shape index (κ2) is 4.07. The number of aliphatic carboxylic acids is 1. The predicted octanol–water partition coefficient (Wildman–Crippen LogP) is 1.30. The molecule has 2 rings (SSSR count). The van der Waals surface area contributed by atoms with Crippen LogP contribution in [0.25, 0.3) is 0 Å². The van der Waals surface area contributed by atoms with Gasteiger partial charge in [-0.15, -0.1) is 0 Å². The molecule has 1 aliphatic carbocycles. The molecule has 0 amide bonds. The van der Waals surface area contributed by atoms with E-state index >= 15 is 0 Å². The summed E-state index contributed by atoms with van der Waals surface area (Å²) in [6.07, 6.45) is 1.18. The lowest BCUT2D eigenvalue weighted by Gasteiger charge is -2.09. The van der Waals surface area contributed by atoms with Crippen molar-refractivity contribution in [2.24, 2.45) is 10.6 Å². The van der Waals surface area contributed by atoms with Crippen LogP contribution in [0.5, 0.6) is 0 Å². The van der Waals surface area contributed by atoms with Crippen LogP contribution >= 0.6 is 0 Å². The highest BCUT2D eigenvalue weighted by atomic mass is 32.2. The first-order chi connectivity index (χ1) is 8.31. The van der Waals surface area contributed by atoms with Gasteiger partial charge in [0.2, 0.25) is 10.0 Å². The topological polar surface area (TPSA) is 97.5 Å². The lowest BCUT2D eigenvalue weighted by Crippen LogP contribution is -2.16. The number of nitrogens with two attached hydrogens (primary N) is 1. The third kappa shape index (κ3) is 2.02. The molecule has 0 radical (unpaired) electrons. The molecule has 0 bridgehead atoms. The molecule has 1 aromatic rings. The lowest BCUT2D eigenvalue weighted by atomic mass is 9.96. The predicted molar refractivity (Wildman–Crippen MR) is 65.5 cm³/mol. The van der Waals surface area contributed by atoms with Crippen LogP contribution in [0.3, 0.4) is 0 Å². The second-order valence-corrected chi connectivity index (χ2v) is 6.25. The van der Waals surface area contributed by atoms with Gasteiger partial charge in [-0.05, 0) is 30.5 Å². The van der Waals surface area contributed by atoms with E-state index in [1.807, 2.05) is 6.92 Å². The van der Waals surface area contributed by atoms with Gasteiger partial charge in [0.25, 0.3) is 0 Å². The Morgan fingerprint density at radius 3 is 2.33 bits per heavy atom. The number of carboxylic acids is 1. The Morgan fingerprint density at radius 2 is 2.00 bits per heavy atom. The van der Waals surface area contributed by atoms with E-state index in [1.54, 1.807) is 12.1 Å². The Balaban J connectivity index is 2.26. The summed E-state index contributed by atoms with van der Waals surface area (Å²) in [6, 6.07) is 6.13.